The van der Waals surface area contributed by atoms with Gasteiger partial charge in [0.05, 0.1) is 0 Å². The quantitative estimate of drug-likeness (QED) is 0.184. The fraction of sp³-hybridized carbons (Fsp3) is 0.243. The highest BCUT2D eigenvalue weighted by Crippen LogP contribution is 2.45. The van der Waals surface area contributed by atoms with E-state index in [-0.39, 0.29) is 0 Å². The van der Waals surface area contributed by atoms with Crippen LogP contribution in [-0.4, -0.2) is 6.54 Å². The average Bonchev–Trinajstić information content (AvgIpc) is 2.96. The molecule has 1 nitrogen and oxygen atoms in total. The zero-order chi connectivity index (χ0) is 26.6. The fourth-order valence-corrected chi connectivity index (χ4v) is 5.21. The van der Waals surface area contributed by atoms with E-state index < -0.39 is 0 Å². The van der Waals surface area contributed by atoms with Crippen molar-refractivity contribution in [1.82, 2.24) is 5.32 Å². The number of nitrogens with one attached hydrogen (secondary N) is 1. The van der Waals surface area contributed by atoms with Gasteiger partial charge in [0.2, 0.25) is 0 Å². The summed E-state index contributed by atoms with van der Waals surface area (Å²) in [7, 11) is 0. The van der Waals surface area contributed by atoms with Gasteiger partial charge in [0, 0.05) is 18.7 Å². The fourth-order valence-electron chi connectivity index (χ4n) is 5.21. The second kappa shape index (κ2) is 14.2. The molecule has 38 heavy (non-hydrogen) atoms. The Kier molecular flexibility index (Phi) is 10.2. The summed E-state index contributed by atoms with van der Waals surface area (Å²) < 4.78 is 0. The summed E-state index contributed by atoms with van der Waals surface area (Å²) >= 11 is 0. The molecule has 4 rings (SSSR count). The highest BCUT2D eigenvalue weighted by Gasteiger charge is 2.26. The Labute approximate surface area is 230 Å². The molecule has 0 fully saturated rings. The molecule has 2 aromatic rings. The first-order chi connectivity index (χ1) is 18.7. The Morgan fingerprint density at radius 2 is 1.92 bits per heavy atom. The Hall–Kier alpha value is -3.84. The smallest absolute Gasteiger partial charge is 0.0325 e. The van der Waals surface area contributed by atoms with Crippen molar-refractivity contribution >= 4 is 11.1 Å². The monoisotopic (exact) mass is 499 g/mol. The minimum Gasteiger partial charge on any atom is -0.387 e. The molecular formula is C37H41N. The van der Waals surface area contributed by atoms with Gasteiger partial charge in [0.1, 0.15) is 0 Å². The summed E-state index contributed by atoms with van der Waals surface area (Å²) in [5.74, 6) is 0.442. The molecule has 0 heterocycles. The molecule has 0 amide bonds. The van der Waals surface area contributed by atoms with E-state index in [1.807, 2.05) is 13.0 Å². The van der Waals surface area contributed by atoms with Crippen molar-refractivity contribution in [1.29, 1.82) is 0 Å². The van der Waals surface area contributed by atoms with Gasteiger partial charge in [0.15, 0.2) is 0 Å². The van der Waals surface area contributed by atoms with E-state index in [0.717, 1.165) is 38.6 Å². The molecule has 0 saturated carbocycles. The van der Waals surface area contributed by atoms with Crippen molar-refractivity contribution in [2.75, 3.05) is 6.54 Å². The van der Waals surface area contributed by atoms with Gasteiger partial charge in [-0.3, -0.25) is 0 Å². The van der Waals surface area contributed by atoms with Gasteiger partial charge in [-0.05, 0) is 91.0 Å². The summed E-state index contributed by atoms with van der Waals surface area (Å²) in [4.78, 5) is 0. The van der Waals surface area contributed by atoms with Crippen LogP contribution in [0.2, 0.25) is 0 Å². The van der Waals surface area contributed by atoms with E-state index in [1.54, 1.807) is 0 Å². The minimum atomic E-state index is 0.442. The van der Waals surface area contributed by atoms with Crippen molar-refractivity contribution in [3.63, 3.8) is 0 Å². The summed E-state index contributed by atoms with van der Waals surface area (Å²) in [6, 6.07) is 18.1. The van der Waals surface area contributed by atoms with Crippen molar-refractivity contribution in [2.24, 2.45) is 0 Å². The Morgan fingerprint density at radius 3 is 2.74 bits per heavy atom. The van der Waals surface area contributed by atoms with E-state index in [1.165, 1.54) is 44.5 Å². The molecule has 1 N–H and O–H groups in total. The molecule has 0 aromatic heterocycles. The predicted molar refractivity (Wildman–Crippen MR) is 167 cm³/mol. The van der Waals surface area contributed by atoms with Crippen molar-refractivity contribution < 1.29 is 0 Å². The molecule has 0 saturated heterocycles. The molecule has 0 spiro atoms. The van der Waals surface area contributed by atoms with Crippen LogP contribution in [-0.2, 0) is 0 Å². The summed E-state index contributed by atoms with van der Waals surface area (Å²) in [5.41, 5.74) is 10.9. The van der Waals surface area contributed by atoms with Gasteiger partial charge in [-0.25, -0.2) is 0 Å². The standard InChI is InChI=1S/C37H41N/c1-4-6-8-9-13-26-38-28-33(15-10-7-5-2)31-16-14-17-32(27-31)35-25-24-34(30-22-20-29(3)21-23-30)36-18-11-12-19-37(35)36/h4-5,7,9-11,13-18,20-23,25,27-28,34,38H,1,6,8,12,19,24,26H2,2-3H3/b7-5-,13-9-,15-10-,33-28-/t34-/m0/s1. The highest BCUT2D eigenvalue weighted by molar-refractivity contribution is 5.85. The lowest BCUT2D eigenvalue weighted by Gasteiger charge is -2.30. The molecule has 2 aliphatic carbocycles. The number of unbranched alkanes of at least 4 members (excludes halogenated alkanes) is 1. The van der Waals surface area contributed by atoms with Crippen LogP contribution < -0.4 is 5.32 Å². The minimum absolute atomic E-state index is 0.442. The second-order valence-corrected chi connectivity index (χ2v) is 10.0. The van der Waals surface area contributed by atoms with E-state index in [9.17, 15) is 0 Å². The lowest BCUT2D eigenvalue weighted by molar-refractivity contribution is 0.782. The van der Waals surface area contributed by atoms with Crippen LogP contribution in [0.4, 0.5) is 0 Å². The van der Waals surface area contributed by atoms with Crippen LogP contribution in [0.3, 0.4) is 0 Å². The van der Waals surface area contributed by atoms with Crippen molar-refractivity contribution in [3.05, 3.63) is 155 Å². The van der Waals surface area contributed by atoms with Gasteiger partial charge in [-0.2, -0.15) is 0 Å². The van der Waals surface area contributed by atoms with E-state index in [2.05, 4.69) is 128 Å². The Balaban J connectivity index is 1.60. The van der Waals surface area contributed by atoms with E-state index in [0.29, 0.717) is 5.92 Å². The van der Waals surface area contributed by atoms with E-state index in [4.69, 9.17) is 0 Å². The van der Waals surface area contributed by atoms with Crippen LogP contribution in [0.5, 0.6) is 0 Å². The first-order valence-electron chi connectivity index (χ1n) is 14.0. The van der Waals surface area contributed by atoms with Gasteiger partial charge in [-0.15, -0.1) is 6.58 Å². The molecule has 0 bridgehead atoms. The van der Waals surface area contributed by atoms with Crippen LogP contribution in [0.15, 0.2) is 133 Å². The molecule has 2 aliphatic rings. The normalized spacial score (nSPS) is 17.9. The molecule has 0 radical (unpaired) electrons. The predicted octanol–water partition coefficient (Wildman–Crippen LogP) is 9.80. The maximum atomic E-state index is 3.79. The summed E-state index contributed by atoms with van der Waals surface area (Å²) in [6.45, 7) is 8.81. The lowest BCUT2D eigenvalue weighted by Crippen LogP contribution is -2.12. The molecule has 1 atom stereocenters. The SMILES string of the molecule is C=CCC/C=C\CN/C=C(/C=C\C=C/C)c1cccc(C2=CC[C@@H](c3ccc(C)cc3)C3=C2CCC=C3)c1. The van der Waals surface area contributed by atoms with Crippen LogP contribution in [0.25, 0.3) is 11.1 Å². The van der Waals surface area contributed by atoms with E-state index >= 15 is 0 Å². The maximum Gasteiger partial charge on any atom is 0.0325 e. The van der Waals surface area contributed by atoms with Gasteiger partial charge in [0.25, 0.3) is 0 Å². The first kappa shape index (κ1) is 27.2. The number of aryl methyl sites for hydroxylation is 1. The van der Waals surface area contributed by atoms with Crippen LogP contribution in [0, 0.1) is 6.92 Å². The zero-order valence-corrected chi connectivity index (χ0v) is 23.0. The molecule has 1 heteroatoms. The van der Waals surface area contributed by atoms with Crippen molar-refractivity contribution in [3.8, 4) is 0 Å². The number of hydrogen-bond donors (Lipinski definition) is 1. The third kappa shape index (κ3) is 7.13. The lowest BCUT2D eigenvalue weighted by atomic mass is 9.74. The molecule has 194 valence electrons. The third-order valence-electron chi connectivity index (χ3n) is 7.23. The van der Waals surface area contributed by atoms with Gasteiger partial charge >= 0.3 is 0 Å². The molecule has 2 aromatic carbocycles. The average molecular weight is 500 g/mol. The van der Waals surface area contributed by atoms with Gasteiger partial charge in [-0.1, -0.05) is 109 Å². The maximum absolute atomic E-state index is 3.79. The first-order valence-corrected chi connectivity index (χ1v) is 14.0. The highest BCUT2D eigenvalue weighted by atomic mass is 14.8. The second-order valence-electron chi connectivity index (χ2n) is 10.0. The number of hydrogen-bond acceptors (Lipinski definition) is 1. The van der Waals surface area contributed by atoms with Gasteiger partial charge < -0.3 is 5.32 Å². The topological polar surface area (TPSA) is 12.0 Å². The number of rotatable bonds is 11. The Bertz CT molecular complexity index is 1300. The summed E-state index contributed by atoms with van der Waals surface area (Å²) in [5, 5.41) is 3.48. The molecule has 0 unspecified atom stereocenters. The van der Waals surface area contributed by atoms with Crippen LogP contribution >= 0.6 is 0 Å². The summed E-state index contributed by atoms with van der Waals surface area (Å²) in [6.07, 6.45) is 29.4. The number of benzene rings is 2. The largest absolute Gasteiger partial charge is 0.387 e. The third-order valence-corrected chi connectivity index (χ3v) is 7.23. The molecular weight excluding hydrogens is 458 g/mol. The van der Waals surface area contributed by atoms with Crippen molar-refractivity contribution in [2.45, 2.75) is 51.9 Å². The zero-order valence-electron chi connectivity index (χ0n) is 23.0. The molecule has 0 aliphatic heterocycles. The Morgan fingerprint density at radius 1 is 1.05 bits per heavy atom. The number of allylic oxidation sites excluding steroid dienone is 13. The van der Waals surface area contributed by atoms with Crippen LogP contribution in [0.1, 0.15) is 67.2 Å².